The summed E-state index contributed by atoms with van der Waals surface area (Å²) in [6, 6.07) is 12.0. The standard InChI is InChI=1S/C28H22F3N7O2/c1-38-22-12-13-33-25(39)21(22)14-23(38)24-17(15-34-26(32)37-24)5-2-16-3-8-19(9-4-16)35-27(40)36-20-10-6-18(7-11-20)28(29,30)31/h3-4,6-11,14-15H,12-13H2,1H3,(H,33,39)(H2,32,34,37)(H2,35,36,40). The van der Waals surface area contributed by atoms with E-state index in [-0.39, 0.29) is 17.5 Å². The zero-order chi connectivity index (χ0) is 28.4. The van der Waals surface area contributed by atoms with Crippen LogP contribution in [-0.2, 0) is 19.6 Å². The number of urea groups is 1. The van der Waals surface area contributed by atoms with Crippen molar-refractivity contribution < 1.29 is 22.8 Å². The number of anilines is 3. The lowest BCUT2D eigenvalue weighted by atomic mass is 10.1. The van der Waals surface area contributed by atoms with E-state index < -0.39 is 17.8 Å². The lowest BCUT2D eigenvalue weighted by Gasteiger charge is -2.14. The molecule has 0 aliphatic carbocycles. The summed E-state index contributed by atoms with van der Waals surface area (Å²) in [4.78, 5) is 33.0. The number of nitrogens with one attached hydrogen (secondary N) is 3. The molecule has 0 atom stereocenters. The molecule has 5 N–H and O–H groups in total. The van der Waals surface area contributed by atoms with Gasteiger partial charge < -0.3 is 26.3 Å². The van der Waals surface area contributed by atoms with Gasteiger partial charge in [0.2, 0.25) is 5.95 Å². The van der Waals surface area contributed by atoms with Crippen LogP contribution in [0.25, 0.3) is 11.4 Å². The molecule has 1 aliphatic heterocycles. The van der Waals surface area contributed by atoms with Gasteiger partial charge in [-0.05, 0) is 54.6 Å². The Labute approximate surface area is 226 Å². The smallest absolute Gasteiger partial charge is 0.368 e. The summed E-state index contributed by atoms with van der Waals surface area (Å²) in [6.45, 7) is 0.559. The number of carbonyl (C=O) groups is 2. The fourth-order valence-corrected chi connectivity index (χ4v) is 4.25. The molecule has 0 saturated heterocycles. The number of nitrogen functional groups attached to an aromatic ring is 1. The van der Waals surface area contributed by atoms with Crippen molar-refractivity contribution >= 4 is 29.3 Å². The highest BCUT2D eigenvalue weighted by atomic mass is 19.4. The summed E-state index contributed by atoms with van der Waals surface area (Å²) in [5, 5.41) is 7.94. The Morgan fingerprint density at radius 2 is 1.70 bits per heavy atom. The summed E-state index contributed by atoms with van der Waals surface area (Å²) < 4.78 is 40.0. The number of alkyl halides is 3. The van der Waals surface area contributed by atoms with E-state index >= 15 is 0 Å². The van der Waals surface area contributed by atoms with Crippen LogP contribution in [0.15, 0.2) is 60.8 Å². The molecule has 3 amide bonds. The summed E-state index contributed by atoms with van der Waals surface area (Å²) >= 11 is 0. The molecule has 2 aromatic heterocycles. The van der Waals surface area contributed by atoms with Crippen LogP contribution in [0.2, 0.25) is 0 Å². The Hall–Kier alpha value is -5.31. The van der Waals surface area contributed by atoms with E-state index in [1.807, 2.05) is 11.6 Å². The summed E-state index contributed by atoms with van der Waals surface area (Å²) in [5.41, 5.74) is 9.58. The normalized spacial score (nSPS) is 12.6. The Morgan fingerprint density at radius 3 is 2.33 bits per heavy atom. The molecule has 0 saturated carbocycles. The number of nitrogens with zero attached hydrogens (tertiary/aromatic N) is 3. The van der Waals surface area contributed by atoms with Gasteiger partial charge >= 0.3 is 12.2 Å². The third kappa shape index (κ3) is 5.58. The van der Waals surface area contributed by atoms with Crippen molar-refractivity contribution in [2.24, 2.45) is 7.05 Å². The molecule has 0 spiro atoms. The van der Waals surface area contributed by atoms with Gasteiger partial charge in [-0.2, -0.15) is 13.2 Å². The number of nitrogens with two attached hydrogens (primary N) is 1. The van der Waals surface area contributed by atoms with Crippen molar-refractivity contribution in [3.05, 3.63) is 88.7 Å². The Morgan fingerprint density at radius 1 is 1.05 bits per heavy atom. The molecular formula is C28H22F3N7O2. The zero-order valence-corrected chi connectivity index (χ0v) is 21.1. The van der Waals surface area contributed by atoms with E-state index in [1.54, 1.807) is 30.3 Å². The summed E-state index contributed by atoms with van der Waals surface area (Å²) in [7, 11) is 1.86. The van der Waals surface area contributed by atoms with Crippen LogP contribution in [0.1, 0.15) is 32.7 Å². The zero-order valence-electron chi connectivity index (χ0n) is 21.1. The minimum Gasteiger partial charge on any atom is -0.368 e. The van der Waals surface area contributed by atoms with E-state index in [1.165, 1.54) is 18.3 Å². The topological polar surface area (TPSA) is 127 Å². The van der Waals surface area contributed by atoms with Crippen LogP contribution < -0.4 is 21.7 Å². The van der Waals surface area contributed by atoms with Gasteiger partial charge in [0.1, 0.15) is 5.69 Å². The average Bonchev–Trinajstić information content (AvgIpc) is 3.26. The minimum atomic E-state index is -4.45. The third-order valence-corrected chi connectivity index (χ3v) is 6.25. The van der Waals surface area contributed by atoms with Gasteiger partial charge in [0.05, 0.1) is 22.4 Å². The number of benzene rings is 2. The van der Waals surface area contributed by atoms with Gasteiger partial charge in [0.15, 0.2) is 0 Å². The minimum absolute atomic E-state index is 0.0779. The van der Waals surface area contributed by atoms with Gasteiger partial charge in [-0.15, -0.1) is 0 Å². The monoisotopic (exact) mass is 545 g/mol. The second kappa shape index (κ2) is 10.5. The molecular weight excluding hydrogens is 523 g/mol. The molecule has 0 radical (unpaired) electrons. The maximum Gasteiger partial charge on any atom is 0.416 e. The molecule has 2 aromatic carbocycles. The fourth-order valence-electron chi connectivity index (χ4n) is 4.25. The van der Waals surface area contributed by atoms with Crippen molar-refractivity contribution in [2.45, 2.75) is 12.6 Å². The van der Waals surface area contributed by atoms with Crippen LogP contribution in [-0.4, -0.2) is 33.0 Å². The summed E-state index contributed by atoms with van der Waals surface area (Å²) in [5.74, 6) is 6.04. The van der Waals surface area contributed by atoms with Gasteiger partial charge in [0, 0.05) is 48.8 Å². The molecule has 1 aliphatic rings. The molecule has 0 unspecified atom stereocenters. The van der Waals surface area contributed by atoms with E-state index in [9.17, 15) is 22.8 Å². The maximum atomic E-state index is 12.7. The number of rotatable bonds is 3. The highest BCUT2D eigenvalue weighted by Crippen LogP contribution is 2.30. The number of fused-ring (bicyclic) bond motifs is 1. The fraction of sp³-hybridized carbons (Fsp3) is 0.143. The lowest BCUT2D eigenvalue weighted by Crippen LogP contribution is -2.31. The van der Waals surface area contributed by atoms with Crippen LogP contribution in [0, 0.1) is 11.8 Å². The van der Waals surface area contributed by atoms with E-state index in [0.717, 1.165) is 17.8 Å². The van der Waals surface area contributed by atoms with Crippen molar-refractivity contribution in [1.29, 1.82) is 0 Å². The van der Waals surface area contributed by atoms with Gasteiger partial charge in [-0.3, -0.25) is 4.79 Å². The summed E-state index contributed by atoms with van der Waals surface area (Å²) in [6.07, 6.45) is -2.23. The molecule has 0 bridgehead atoms. The molecule has 5 rings (SSSR count). The van der Waals surface area contributed by atoms with Gasteiger partial charge in [-0.1, -0.05) is 11.8 Å². The number of amides is 3. The quantitative estimate of drug-likeness (QED) is 0.284. The highest BCUT2D eigenvalue weighted by Gasteiger charge is 2.30. The molecule has 4 aromatic rings. The van der Waals surface area contributed by atoms with Gasteiger partial charge in [0.25, 0.3) is 5.91 Å². The van der Waals surface area contributed by atoms with E-state index in [4.69, 9.17) is 5.73 Å². The highest BCUT2D eigenvalue weighted by molar-refractivity contribution is 6.00. The third-order valence-electron chi connectivity index (χ3n) is 6.25. The average molecular weight is 546 g/mol. The second-order valence-corrected chi connectivity index (χ2v) is 8.93. The first-order chi connectivity index (χ1) is 19.1. The molecule has 12 heteroatoms. The van der Waals surface area contributed by atoms with Crippen molar-refractivity contribution in [3.63, 3.8) is 0 Å². The van der Waals surface area contributed by atoms with Crippen LogP contribution >= 0.6 is 0 Å². The first-order valence-electron chi connectivity index (χ1n) is 12.1. The predicted molar refractivity (Wildman–Crippen MR) is 143 cm³/mol. The Balaban J connectivity index is 1.30. The lowest BCUT2D eigenvalue weighted by molar-refractivity contribution is -0.137. The van der Waals surface area contributed by atoms with Crippen molar-refractivity contribution in [2.75, 3.05) is 22.9 Å². The van der Waals surface area contributed by atoms with Crippen molar-refractivity contribution in [3.8, 4) is 23.2 Å². The van der Waals surface area contributed by atoms with E-state index in [0.29, 0.717) is 46.7 Å². The Bertz CT molecular complexity index is 1670. The van der Waals surface area contributed by atoms with E-state index in [2.05, 4.69) is 37.8 Å². The number of aromatic nitrogens is 3. The number of hydrogen-bond acceptors (Lipinski definition) is 5. The SMILES string of the molecule is Cn1c(-c2nc(N)ncc2C#Cc2ccc(NC(=O)Nc3ccc(C(F)(F)F)cc3)cc2)cc2c1CCNC2=O. The van der Waals surface area contributed by atoms with Crippen LogP contribution in [0.5, 0.6) is 0 Å². The van der Waals surface area contributed by atoms with Gasteiger partial charge in [-0.25, -0.2) is 14.8 Å². The maximum absolute atomic E-state index is 12.7. The Kier molecular flexibility index (Phi) is 6.87. The van der Waals surface area contributed by atoms with Crippen LogP contribution in [0.3, 0.4) is 0 Å². The number of halogens is 3. The predicted octanol–water partition coefficient (Wildman–Crippen LogP) is 4.41. The number of hydrogen-bond donors (Lipinski definition) is 4. The number of carbonyl (C=O) groups excluding carboxylic acids is 2. The first kappa shape index (κ1) is 26.3. The first-order valence-corrected chi connectivity index (χ1v) is 12.1. The molecule has 0 fully saturated rings. The largest absolute Gasteiger partial charge is 0.416 e. The molecule has 3 heterocycles. The molecule has 9 nitrogen and oxygen atoms in total. The second-order valence-electron chi connectivity index (χ2n) is 8.93. The van der Waals surface area contributed by atoms with Crippen LogP contribution in [0.4, 0.5) is 35.3 Å². The molecule has 40 heavy (non-hydrogen) atoms. The van der Waals surface area contributed by atoms with Crippen molar-refractivity contribution in [1.82, 2.24) is 19.9 Å². The molecule has 202 valence electrons.